The highest BCUT2D eigenvalue weighted by Crippen LogP contribution is 2.18. The van der Waals surface area contributed by atoms with Gasteiger partial charge in [0.15, 0.2) is 0 Å². The highest BCUT2D eigenvalue weighted by molar-refractivity contribution is 7.89. The van der Waals surface area contributed by atoms with Crippen LogP contribution in [0.2, 0.25) is 0 Å². The van der Waals surface area contributed by atoms with Gasteiger partial charge < -0.3 is 5.32 Å². The van der Waals surface area contributed by atoms with Crippen molar-refractivity contribution in [1.29, 1.82) is 0 Å². The van der Waals surface area contributed by atoms with E-state index in [-0.39, 0.29) is 0 Å². The van der Waals surface area contributed by atoms with Gasteiger partial charge in [0.05, 0.1) is 5.75 Å². The third kappa shape index (κ3) is 2.68. The Kier molecular flexibility index (Phi) is 3.09. The zero-order chi connectivity index (χ0) is 10.0. The van der Waals surface area contributed by atoms with Gasteiger partial charge in [-0.3, -0.25) is 0 Å². The molecular weight excluding hydrogens is 200 g/mol. The second kappa shape index (κ2) is 4.16. The van der Waals surface area contributed by atoms with Crippen molar-refractivity contribution in [3.05, 3.63) is 0 Å². The lowest BCUT2D eigenvalue weighted by Gasteiger charge is -2.26. The first-order chi connectivity index (χ1) is 6.68. The summed E-state index contributed by atoms with van der Waals surface area (Å²) < 4.78 is 24.8. The van der Waals surface area contributed by atoms with Crippen LogP contribution in [0.25, 0.3) is 0 Å². The highest BCUT2D eigenvalue weighted by Gasteiger charge is 2.26. The summed E-state index contributed by atoms with van der Waals surface area (Å²) in [6.45, 7) is 2.18. The maximum atomic E-state index is 11.6. The Bertz CT molecular complexity index is 285. The quantitative estimate of drug-likeness (QED) is 0.731. The third-order valence-corrected chi connectivity index (χ3v) is 4.78. The van der Waals surface area contributed by atoms with Crippen molar-refractivity contribution < 1.29 is 8.42 Å². The van der Waals surface area contributed by atoms with Crippen LogP contribution >= 0.6 is 0 Å². The van der Waals surface area contributed by atoms with Crippen molar-refractivity contribution in [1.82, 2.24) is 9.62 Å². The molecule has 5 heteroatoms. The fourth-order valence-electron chi connectivity index (χ4n) is 1.77. The van der Waals surface area contributed by atoms with Crippen LogP contribution in [0.3, 0.4) is 0 Å². The van der Waals surface area contributed by atoms with E-state index < -0.39 is 10.0 Å². The normalized spacial score (nSPS) is 27.7. The number of rotatable bonds is 4. The molecule has 2 fully saturated rings. The van der Waals surface area contributed by atoms with Crippen LogP contribution in [0.4, 0.5) is 0 Å². The smallest absolute Gasteiger partial charge is 0.214 e. The van der Waals surface area contributed by atoms with Crippen LogP contribution in [0.15, 0.2) is 0 Å². The van der Waals surface area contributed by atoms with Crippen molar-refractivity contribution in [2.24, 2.45) is 0 Å². The van der Waals surface area contributed by atoms with Crippen molar-refractivity contribution in [2.75, 3.05) is 25.4 Å². The molecule has 1 saturated heterocycles. The lowest BCUT2D eigenvalue weighted by molar-refractivity contribution is 0.378. The van der Waals surface area contributed by atoms with Gasteiger partial charge >= 0.3 is 0 Å². The Morgan fingerprint density at radius 3 is 2.71 bits per heavy atom. The Morgan fingerprint density at radius 2 is 2.07 bits per heavy atom. The average Bonchev–Trinajstić information content (AvgIpc) is 2.91. The molecule has 0 amide bonds. The second-order valence-electron chi connectivity index (χ2n) is 4.15. The summed E-state index contributed by atoms with van der Waals surface area (Å²) >= 11 is 0. The molecule has 2 rings (SSSR count). The first-order valence-corrected chi connectivity index (χ1v) is 7.00. The molecule has 14 heavy (non-hydrogen) atoms. The van der Waals surface area contributed by atoms with Gasteiger partial charge in [-0.15, -0.1) is 0 Å². The molecule has 0 unspecified atom stereocenters. The van der Waals surface area contributed by atoms with Crippen LogP contribution in [-0.4, -0.2) is 44.2 Å². The summed E-state index contributed by atoms with van der Waals surface area (Å²) in [6, 6.07) is 0.669. The summed E-state index contributed by atoms with van der Waals surface area (Å²) in [5.74, 6) is 0.344. The molecule has 1 saturated carbocycles. The van der Waals surface area contributed by atoms with E-state index in [0.717, 1.165) is 19.4 Å². The van der Waals surface area contributed by atoms with E-state index in [4.69, 9.17) is 0 Å². The van der Waals surface area contributed by atoms with E-state index in [1.165, 1.54) is 12.8 Å². The molecule has 1 N–H and O–H groups in total. The molecule has 1 aliphatic heterocycles. The molecule has 0 bridgehead atoms. The largest absolute Gasteiger partial charge is 0.313 e. The number of nitrogens with zero attached hydrogens (tertiary/aromatic N) is 1. The van der Waals surface area contributed by atoms with E-state index in [0.29, 0.717) is 24.9 Å². The van der Waals surface area contributed by atoms with Gasteiger partial charge in [0.1, 0.15) is 0 Å². The van der Waals surface area contributed by atoms with Gasteiger partial charge in [-0.05, 0) is 25.7 Å². The minimum Gasteiger partial charge on any atom is -0.313 e. The monoisotopic (exact) mass is 218 g/mol. The van der Waals surface area contributed by atoms with Gasteiger partial charge in [-0.2, -0.15) is 0 Å². The van der Waals surface area contributed by atoms with Gasteiger partial charge in [-0.25, -0.2) is 12.7 Å². The van der Waals surface area contributed by atoms with Crippen molar-refractivity contribution in [3.63, 3.8) is 0 Å². The van der Waals surface area contributed by atoms with Crippen LogP contribution in [0, 0.1) is 0 Å². The zero-order valence-electron chi connectivity index (χ0n) is 8.41. The summed E-state index contributed by atoms with van der Waals surface area (Å²) in [4.78, 5) is 0. The predicted octanol–water partition coefficient (Wildman–Crippen LogP) is 0.164. The van der Waals surface area contributed by atoms with Crippen molar-refractivity contribution in [3.8, 4) is 0 Å². The lowest BCUT2D eigenvalue weighted by Crippen LogP contribution is -2.41. The Hall–Kier alpha value is -0.130. The second-order valence-corrected chi connectivity index (χ2v) is 6.24. The standard InChI is InChI=1S/C9H18N2O2S/c12-14(13)8-2-1-6-11(14)7-5-10-9-3-4-9/h9-10H,1-8H2. The molecule has 0 radical (unpaired) electrons. The van der Waals surface area contributed by atoms with Crippen molar-refractivity contribution in [2.45, 2.75) is 31.7 Å². The number of hydrogen-bond donors (Lipinski definition) is 1. The average molecular weight is 218 g/mol. The molecule has 1 heterocycles. The summed E-state index contributed by atoms with van der Waals surface area (Å²) in [6.07, 6.45) is 4.36. The van der Waals surface area contributed by atoms with Gasteiger partial charge in [-0.1, -0.05) is 0 Å². The molecule has 0 atom stereocenters. The summed E-state index contributed by atoms with van der Waals surface area (Å²) in [5, 5.41) is 3.34. The van der Waals surface area contributed by atoms with Crippen LogP contribution in [0.5, 0.6) is 0 Å². The van der Waals surface area contributed by atoms with E-state index >= 15 is 0 Å². The summed E-state index contributed by atoms with van der Waals surface area (Å²) in [5.41, 5.74) is 0. The van der Waals surface area contributed by atoms with E-state index in [9.17, 15) is 8.42 Å². The van der Waals surface area contributed by atoms with Crippen LogP contribution in [-0.2, 0) is 10.0 Å². The van der Waals surface area contributed by atoms with Gasteiger partial charge in [0, 0.05) is 25.7 Å². The first kappa shape index (κ1) is 10.4. The lowest BCUT2D eigenvalue weighted by atomic mass is 10.3. The Morgan fingerprint density at radius 1 is 1.29 bits per heavy atom. The fraction of sp³-hybridized carbons (Fsp3) is 1.00. The third-order valence-electron chi connectivity index (χ3n) is 2.82. The molecule has 4 nitrogen and oxygen atoms in total. The topological polar surface area (TPSA) is 49.4 Å². The van der Waals surface area contributed by atoms with Gasteiger partial charge in [0.2, 0.25) is 10.0 Å². The molecule has 0 spiro atoms. The van der Waals surface area contributed by atoms with E-state index in [2.05, 4.69) is 5.32 Å². The first-order valence-electron chi connectivity index (χ1n) is 5.40. The highest BCUT2D eigenvalue weighted by atomic mass is 32.2. The molecule has 2 aliphatic rings. The van der Waals surface area contributed by atoms with Crippen LogP contribution in [0.1, 0.15) is 25.7 Å². The van der Waals surface area contributed by atoms with E-state index in [1.807, 2.05) is 0 Å². The predicted molar refractivity (Wildman–Crippen MR) is 55.6 cm³/mol. The Labute approximate surface area is 85.7 Å². The zero-order valence-corrected chi connectivity index (χ0v) is 9.22. The fourth-order valence-corrected chi connectivity index (χ4v) is 3.38. The molecular formula is C9H18N2O2S. The van der Waals surface area contributed by atoms with Crippen LogP contribution < -0.4 is 5.32 Å². The number of hydrogen-bond acceptors (Lipinski definition) is 3. The molecule has 0 aromatic carbocycles. The van der Waals surface area contributed by atoms with E-state index in [1.54, 1.807) is 4.31 Å². The molecule has 1 aliphatic carbocycles. The molecule has 82 valence electrons. The number of sulfonamides is 1. The number of nitrogens with one attached hydrogen (secondary N) is 1. The Balaban J connectivity index is 1.76. The summed E-state index contributed by atoms with van der Waals surface area (Å²) in [7, 11) is -2.91. The maximum Gasteiger partial charge on any atom is 0.214 e. The minimum absolute atomic E-state index is 0.344. The SMILES string of the molecule is O=S1(=O)CCCCN1CCNC1CC1. The molecule has 0 aromatic rings. The maximum absolute atomic E-state index is 11.6. The minimum atomic E-state index is -2.91. The van der Waals surface area contributed by atoms with Crippen molar-refractivity contribution >= 4 is 10.0 Å². The van der Waals surface area contributed by atoms with Gasteiger partial charge in [0.25, 0.3) is 0 Å². The molecule has 0 aromatic heterocycles.